The van der Waals surface area contributed by atoms with Crippen molar-refractivity contribution in [3.63, 3.8) is 0 Å². The molecule has 0 aliphatic carbocycles. The summed E-state index contributed by atoms with van der Waals surface area (Å²) in [4.78, 5) is 29.4. The maximum Gasteiger partial charge on any atom is 0.326 e. The molecule has 0 saturated carbocycles. The molecule has 5 nitrogen and oxygen atoms in total. The monoisotopic (exact) mass is 346 g/mol. The van der Waals surface area contributed by atoms with Crippen LogP contribution < -0.4 is 5.43 Å². The highest BCUT2D eigenvalue weighted by Crippen LogP contribution is 2.30. The number of aromatic nitrogens is 2. The van der Waals surface area contributed by atoms with Gasteiger partial charge in [0.1, 0.15) is 17.8 Å². The Kier molecular flexibility index (Phi) is 3.00. The van der Waals surface area contributed by atoms with E-state index in [-0.39, 0.29) is 33.5 Å². The molecule has 1 aromatic carbocycles. The summed E-state index contributed by atoms with van der Waals surface area (Å²) in [6.07, 6.45) is 0. The van der Waals surface area contributed by atoms with Gasteiger partial charge >= 0.3 is 5.97 Å². The van der Waals surface area contributed by atoms with Crippen LogP contribution >= 0.6 is 11.6 Å². The molecule has 0 amide bonds. The van der Waals surface area contributed by atoms with Crippen LogP contribution in [-0.4, -0.2) is 15.5 Å². The molecule has 2 bridgehead atoms. The summed E-state index contributed by atoms with van der Waals surface area (Å²) in [7, 11) is 0. The Morgan fingerprint density at radius 1 is 1.21 bits per heavy atom. The molecule has 122 valence electrons. The highest BCUT2D eigenvalue weighted by atomic mass is 35.5. The number of fused-ring (bicyclic) bond motifs is 3. The summed E-state index contributed by atoms with van der Waals surface area (Å²) in [5.41, 5.74) is -0.596. The standard InChI is InChI=1S/C17H12ClFN2O3/c1-17(2)11-6-4-9-15(23)8-3-5-10(18)13(19)14(8)21(16(9)20-11)7-12(22)24-17/h3-6H,7H2,1-2H3. The predicted octanol–water partition coefficient (Wildman–Crippen LogP) is 3.13. The lowest BCUT2D eigenvalue weighted by atomic mass is 10.0. The van der Waals surface area contributed by atoms with Gasteiger partial charge in [-0.2, -0.15) is 0 Å². The first-order valence-electron chi connectivity index (χ1n) is 7.33. The van der Waals surface area contributed by atoms with E-state index >= 15 is 0 Å². The second-order valence-electron chi connectivity index (χ2n) is 6.22. The zero-order chi connectivity index (χ0) is 17.2. The predicted molar refractivity (Wildman–Crippen MR) is 87.6 cm³/mol. The van der Waals surface area contributed by atoms with Gasteiger partial charge in [-0.05, 0) is 38.1 Å². The van der Waals surface area contributed by atoms with Crippen LogP contribution in [0.3, 0.4) is 0 Å². The van der Waals surface area contributed by atoms with Crippen molar-refractivity contribution in [2.75, 3.05) is 0 Å². The minimum Gasteiger partial charge on any atom is -0.452 e. The Morgan fingerprint density at radius 3 is 2.67 bits per heavy atom. The summed E-state index contributed by atoms with van der Waals surface area (Å²) >= 11 is 5.86. The Labute approximate surface area is 140 Å². The summed E-state index contributed by atoms with van der Waals surface area (Å²) in [6.45, 7) is 3.17. The van der Waals surface area contributed by atoms with Crippen LogP contribution in [0.5, 0.6) is 0 Å². The van der Waals surface area contributed by atoms with E-state index in [1.807, 2.05) is 0 Å². The second kappa shape index (κ2) is 4.77. The van der Waals surface area contributed by atoms with Crippen LogP contribution in [0.1, 0.15) is 19.5 Å². The third-order valence-corrected chi connectivity index (χ3v) is 4.52. The summed E-state index contributed by atoms with van der Waals surface area (Å²) in [6, 6.07) is 6.05. The lowest BCUT2D eigenvalue weighted by Crippen LogP contribution is -2.32. The Balaban J connectivity index is 2.29. The Morgan fingerprint density at radius 2 is 1.92 bits per heavy atom. The number of esters is 1. The highest BCUT2D eigenvalue weighted by molar-refractivity contribution is 6.31. The van der Waals surface area contributed by atoms with Crippen LogP contribution in [0.2, 0.25) is 5.02 Å². The smallest absolute Gasteiger partial charge is 0.326 e. The molecule has 0 saturated heterocycles. The van der Waals surface area contributed by atoms with E-state index < -0.39 is 17.4 Å². The number of hydrogen-bond donors (Lipinski definition) is 0. The molecule has 0 unspecified atom stereocenters. The maximum absolute atomic E-state index is 14.6. The molecule has 1 aliphatic heterocycles. The fraction of sp³-hybridized carbons (Fsp3) is 0.235. The van der Waals surface area contributed by atoms with Gasteiger partial charge in [0.15, 0.2) is 11.2 Å². The first-order chi connectivity index (χ1) is 11.3. The van der Waals surface area contributed by atoms with E-state index in [9.17, 15) is 14.0 Å². The van der Waals surface area contributed by atoms with Crippen LogP contribution in [0, 0.1) is 5.82 Å². The number of hydrogen-bond acceptors (Lipinski definition) is 4. The molecule has 24 heavy (non-hydrogen) atoms. The van der Waals surface area contributed by atoms with E-state index in [2.05, 4.69) is 4.98 Å². The van der Waals surface area contributed by atoms with E-state index in [4.69, 9.17) is 16.3 Å². The second-order valence-corrected chi connectivity index (χ2v) is 6.63. The number of benzene rings is 1. The Hall–Kier alpha value is -2.47. The number of rotatable bonds is 0. The van der Waals surface area contributed by atoms with Crippen molar-refractivity contribution in [2.24, 2.45) is 0 Å². The minimum atomic E-state index is -0.936. The lowest BCUT2D eigenvalue weighted by molar-refractivity contribution is -0.158. The molecule has 2 aromatic heterocycles. The van der Waals surface area contributed by atoms with Crippen molar-refractivity contribution < 1.29 is 13.9 Å². The van der Waals surface area contributed by atoms with Gasteiger partial charge in [-0.1, -0.05) is 11.6 Å². The van der Waals surface area contributed by atoms with Crippen molar-refractivity contribution in [3.8, 4) is 0 Å². The van der Waals surface area contributed by atoms with Crippen molar-refractivity contribution >= 4 is 39.5 Å². The zero-order valence-electron chi connectivity index (χ0n) is 12.9. The van der Waals surface area contributed by atoms with Crippen molar-refractivity contribution in [2.45, 2.75) is 26.0 Å². The van der Waals surface area contributed by atoms with Crippen LogP contribution in [0.4, 0.5) is 4.39 Å². The highest BCUT2D eigenvalue weighted by Gasteiger charge is 2.31. The molecule has 0 radical (unpaired) electrons. The quantitative estimate of drug-likeness (QED) is 0.463. The first kappa shape index (κ1) is 15.1. The normalized spacial score (nSPS) is 16.2. The molecule has 4 rings (SSSR count). The van der Waals surface area contributed by atoms with Crippen molar-refractivity contribution in [1.29, 1.82) is 0 Å². The number of carbonyl (C=O) groups excluding carboxylic acids is 1. The minimum absolute atomic E-state index is 0.0405. The average molecular weight is 347 g/mol. The fourth-order valence-electron chi connectivity index (χ4n) is 3.06. The number of ether oxygens (including phenoxy) is 1. The topological polar surface area (TPSA) is 61.2 Å². The van der Waals surface area contributed by atoms with Gasteiger partial charge in [0, 0.05) is 5.39 Å². The van der Waals surface area contributed by atoms with Crippen LogP contribution in [0.15, 0.2) is 29.1 Å². The van der Waals surface area contributed by atoms with Gasteiger partial charge in [-0.3, -0.25) is 9.59 Å². The van der Waals surface area contributed by atoms with Gasteiger partial charge in [0.2, 0.25) is 0 Å². The number of carbonyl (C=O) groups is 1. The van der Waals surface area contributed by atoms with E-state index in [1.165, 1.54) is 16.7 Å². The van der Waals surface area contributed by atoms with Gasteiger partial charge in [0.25, 0.3) is 0 Å². The number of pyridine rings is 2. The number of nitrogens with zero attached hydrogens (tertiary/aromatic N) is 2. The molecule has 3 heterocycles. The molecule has 0 atom stereocenters. The molecular formula is C17H12ClFN2O3. The molecule has 7 heteroatoms. The van der Waals surface area contributed by atoms with Gasteiger partial charge in [-0.15, -0.1) is 0 Å². The largest absolute Gasteiger partial charge is 0.452 e. The third kappa shape index (κ3) is 1.96. The zero-order valence-corrected chi connectivity index (χ0v) is 13.6. The molecule has 0 fully saturated rings. The molecule has 0 spiro atoms. The van der Waals surface area contributed by atoms with E-state index in [0.717, 1.165) is 0 Å². The van der Waals surface area contributed by atoms with E-state index in [1.54, 1.807) is 26.0 Å². The van der Waals surface area contributed by atoms with Crippen LogP contribution in [-0.2, 0) is 21.7 Å². The SMILES string of the molecule is CC1(C)OC(=O)Cn2c3nc1ccc3c(=O)c1ccc(Cl)c(F)c12. The lowest BCUT2D eigenvalue weighted by Gasteiger charge is -2.28. The summed E-state index contributed by atoms with van der Waals surface area (Å²) in [5.74, 6) is -1.30. The summed E-state index contributed by atoms with van der Waals surface area (Å²) < 4.78 is 21.4. The van der Waals surface area contributed by atoms with Gasteiger partial charge in [0.05, 0.1) is 21.6 Å². The van der Waals surface area contributed by atoms with Gasteiger partial charge < -0.3 is 9.30 Å². The first-order valence-corrected chi connectivity index (χ1v) is 7.71. The average Bonchev–Trinajstić information content (AvgIpc) is 2.52. The molecule has 0 N–H and O–H groups in total. The van der Waals surface area contributed by atoms with Gasteiger partial charge in [-0.25, -0.2) is 9.37 Å². The number of cyclic esters (lactones) is 1. The fourth-order valence-corrected chi connectivity index (χ4v) is 3.21. The number of halogens is 2. The van der Waals surface area contributed by atoms with E-state index in [0.29, 0.717) is 11.1 Å². The molecule has 3 aromatic rings. The maximum atomic E-state index is 14.6. The molecule has 1 aliphatic rings. The molecular weight excluding hydrogens is 335 g/mol. The Bertz CT molecular complexity index is 1100. The third-order valence-electron chi connectivity index (χ3n) is 4.23. The van der Waals surface area contributed by atoms with Crippen LogP contribution in [0.25, 0.3) is 21.9 Å². The summed E-state index contributed by atoms with van der Waals surface area (Å²) in [5, 5.41) is 0.335. The van der Waals surface area contributed by atoms with Crippen molar-refractivity contribution in [1.82, 2.24) is 9.55 Å². The van der Waals surface area contributed by atoms with Crippen molar-refractivity contribution in [3.05, 3.63) is 51.0 Å².